The monoisotopic (exact) mass is 274 g/mol. The highest BCUT2D eigenvalue weighted by molar-refractivity contribution is 5.69. The highest BCUT2D eigenvalue weighted by Crippen LogP contribution is 2.30. The molecule has 0 aliphatic heterocycles. The lowest BCUT2D eigenvalue weighted by Gasteiger charge is -2.15. The molecule has 0 aromatic heterocycles. The molecule has 0 spiro atoms. The highest BCUT2D eigenvalue weighted by Gasteiger charge is 2.10. The average Bonchev–Trinajstić information content (AvgIpc) is 2.43. The summed E-state index contributed by atoms with van der Waals surface area (Å²) in [5, 5.41) is 3.24. The average molecular weight is 274 g/mol. The molecule has 0 bridgehead atoms. The molecule has 0 radical (unpaired) electrons. The Bertz CT molecular complexity index is 599. The van der Waals surface area contributed by atoms with Crippen LogP contribution in [-0.2, 0) is 6.42 Å². The molecule has 2 rings (SSSR count). The van der Waals surface area contributed by atoms with Crippen molar-refractivity contribution in [1.82, 2.24) is 0 Å². The highest BCUT2D eigenvalue weighted by atomic mass is 19.1. The Morgan fingerprint density at radius 2 is 2.00 bits per heavy atom. The molecule has 0 atom stereocenters. The fraction of sp³-hybridized carbons (Fsp3) is 0.250. The number of ether oxygens (including phenoxy) is 1. The summed E-state index contributed by atoms with van der Waals surface area (Å²) in [5.41, 5.74) is 8.79. The molecule has 0 saturated carbocycles. The van der Waals surface area contributed by atoms with Crippen LogP contribution in [0.1, 0.15) is 11.1 Å². The summed E-state index contributed by atoms with van der Waals surface area (Å²) in [6.45, 7) is 2.40. The third-order valence-electron chi connectivity index (χ3n) is 3.14. The van der Waals surface area contributed by atoms with E-state index >= 15 is 0 Å². The number of benzene rings is 2. The zero-order valence-corrected chi connectivity index (χ0v) is 11.7. The first-order valence-electron chi connectivity index (χ1n) is 6.55. The van der Waals surface area contributed by atoms with E-state index in [0.29, 0.717) is 18.5 Å². The van der Waals surface area contributed by atoms with Gasteiger partial charge in [0, 0.05) is 11.3 Å². The molecular formula is C16H19FN2O. The lowest BCUT2D eigenvalue weighted by Crippen LogP contribution is -2.07. The Morgan fingerprint density at radius 1 is 1.20 bits per heavy atom. The predicted octanol–water partition coefficient (Wildman–Crippen LogP) is 3.39. The zero-order valence-electron chi connectivity index (χ0n) is 11.7. The maximum Gasteiger partial charge on any atom is 0.142 e. The molecule has 0 unspecified atom stereocenters. The standard InChI is InChI=1S/C16H19FN2O/c1-11-6-7-16(20-2)15(10-11)19-14-5-3-4-13(17)12(14)8-9-18/h3-7,10,19H,8-9,18H2,1-2H3. The van der Waals surface area contributed by atoms with Crippen molar-refractivity contribution in [2.24, 2.45) is 5.73 Å². The summed E-state index contributed by atoms with van der Waals surface area (Å²) in [4.78, 5) is 0. The maximum atomic E-state index is 13.9. The minimum absolute atomic E-state index is 0.243. The van der Waals surface area contributed by atoms with E-state index in [4.69, 9.17) is 10.5 Å². The molecule has 2 aromatic carbocycles. The summed E-state index contributed by atoms with van der Waals surface area (Å²) in [6.07, 6.45) is 0.489. The van der Waals surface area contributed by atoms with Gasteiger partial charge in [-0.1, -0.05) is 12.1 Å². The van der Waals surface area contributed by atoms with Gasteiger partial charge in [-0.15, -0.1) is 0 Å². The second-order valence-electron chi connectivity index (χ2n) is 4.63. The third kappa shape index (κ3) is 3.08. The van der Waals surface area contributed by atoms with Crippen LogP contribution in [0.2, 0.25) is 0 Å². The van der Waals surface area contributed by atoms with Crippen molar-refractivity contribution >= 4 is 11.4 Å². The van der Waals surface area contributed by atoms with Crippen molar-refractivity contribution in [3.8, 4) is 5.75 Å². The molecular weight excluding hydrogens is 255 g/mol. The van der Waals surface area contributed by atoms with Crippen LogP contribution in [0.25, 0.3) is 0 Å². The normalized spacial score (nSPS) is 10.4. The Morgan fingerprint density at radius 3 is 2.70 bits per heavy atom. The maximum absolute atomic E-state index is 13.9. The second-order valence-corrected chi connectivity index (χ2v) is 4.63. The number of rotatable bonds is 5. The molecule has 0 aliphatic rings. The summed E-state index contributed by atoms with van der Waals surface area (Å²) in [7, 11) is 1.61. The van der Waals surface area contributed by atoms with Gasteiger partial charge in [-0.05, 0) is 49.7 Å². The number of nitrogens with one attached hydrogen (secondary N) is 1. The van der Waals surface area contributed by atoms with Crippen molar-refractivity contribution in [2.45, 2.75) is 13.3 Å². The fourth-order valence-corrected chi connectivity index (χ4v) is 2.14. The number of aryl methyl sites for hydroxylation is 1. The quantitative estimate of drug-likeness (QED) is 0.878. The lowest BCUT2D eigenvalue weighted by molar-refractivity contribution is 0.416. The van der Waals surface area contributed by atoms with Gasteiger partial charge in [-0.2, -0.15) is 0 Å². The molecule has 3 N–H and O–H groups in total. The van der Waals surface area contributed by atoms with Gasteiger partial charge in [0.2, 0.25) is 0 Å². The SMILES string of the molecule is COc1ccc(C)cc1Nc1cccc(F)c1CCN. The van der Waals surface area contributed by atoms with Crippen LogP contribution in [0, 0.1) is 12.7 Å². The first-order valence-corrected chi connectivity index (χ1v) is 6.55. The molecule has 20 heavy (non-hydrogen) atoms. The molecule has 106 valence electrons. The van der Waals surface area contributed by atoms with Crippen molar-refractivity contribution in [3.05, 3.63) is 53.3 Å². The van der Waals surface area contributed by atoms with Gasteiger partial charge in [0.25, 0.3) is 0 Å². The van der Waals surface area contributed by atoms with E-state index in [-0.39, 0.29) is 5.82 Å². The van der Waals surface area contributed by atoms with Crippen LogP contribution in [0.15, 0.2) is 36.4 Å². The number of methoxy groups -OCH3 is 1. The van der Waals surface area contributed by atoms with Gasteiger partial charge in [-0.25, -0.2) is 4.39 Å². The largest absolute Gasteiger partial charge is 0.495 e. The third-order valence-corrected chi connectivity index (χ3v) is 3.14. The van der Waals surface area contributed by atoms with Crippen molar-refractivity contribution in [3.63, 3.8) is 0 Å². The van der Waals surface area contributed by atoms with E-state index < -0.39 is 0 Å². The second kappa shape index (κ2) is 6.39. The Kier molecular flexibility index (Phi) is 4.58. The van der Waals surface area contributed by atoms with E-state index in [1.54, 1.807) is 13.2 Å². The first-order chi connectivity index (χ1) is 9.65. The van der Waals surface area contributed by atoms with Gasteiger partial charge in [0.1, 0.15) is 11.6 Å². The topological polar surface area (TPSA) is 47.3 Å². The molecule has 3 nitrogen and oxygen atoms in total. The van der Waals surface area contributed by atoms with Crippen LogP contribution in [0.3, 0.4) is 0 Å². The predicted molar refractivity (Wildman–Crippen MR) is 80.2 cm³/mol. The van der Waals surface area contributed by atoms with Gasteiger partial charge < -0.3 is 15.8 Å². The molecule has 0 saturated heterocycles. The zero-order chi connectivity index (χ0) is 14.5. The van der Waals surface area contributed by atoms with Crippen LogP contribution in [0.4, 0.5) is 15.8 Å². The molecule has 0 heterocycles. The van der Waals surface area contributed by atoms with E-state index in [0.717, 1.165) is 22.7 Å². The van der Waals surface area contributed by atoms with Crippen LogP contribution in [-0.4, -0.2) is 13.7 Å². The molecule has 4 heteroatoms. The van der Waals surface area contributed by atoms with Gasteiger partial charge >= 0.3 is 0 Å². The van der Waals surface area contributed by atoms with Crippen LogP contribution >= 0.6 is 0 Å². The van der Waals surface area contributed by atoms with Crippen molar-refractivity contribution in [2.75, 3.05) is 19.0 Å². The van der Waals surface area contributed by atoms with Crippen LogP contribution in [0.5, 0.6) is 5.75 Å². The van der Waals surface area contributed by atoms with Gasteiger partial charge in [0.15, 0.2) is 0 Å². The van der Waals surface area contributed by atoms with Crippen LogP contribution < -0.4 is 15.8 Å². The van der Waals surface area contributed by atoms with Crippen molar-refractivity contribution in [1.29, 1.82) is 0 Å². The minimum Gasteiger partial charge on any atom is -0.495 e. The van der Waals surface area contributed by atoms with E-state index in [2.05, 4.69) is 5.32 Å². The Hall–Kier alpha value is -2.07. The summed E-state index contributed by atoms with van der Waals surface area (Å²) in [6, 6.07) is 10.8. The molecule has 0 aliphatic carbocycles. The van der Waals surface area contributed by atoms with E-state index in [1.807, 2.05) is 31.2 Å². The van der Waals surface area contributed by atoms with E-state index in [9.17, 15) is 4.39 Å². The number of halogens is 1. The first kappa shape index (κ1) is 14.3. The Balaban J connectivity index is 2.39. The van der Waals surface area contributed by atoms with Gasteiger partial charge in [-0.3, -0.25) is 0 Å². The molecule has 0 amide bonds. The Labute approximate surface area is 118 Å². The molecule has 2 aromatic rings. The lowest BCUT2D eigenvalue weighted by atomic mass is 10.1. The number of hydrogen-bond acceptors (Lipinski definition) is 3. The number of nitrogens with two attached hydrogens (primary N) is 1. The summed E-state index contributed by atoms with van der Waals surface area (Å²) in [5.74, 6) is 0.477. The summed E-state index contributed by atoms with van der Waals surface area (Å²) < 4.78 is 19.2. The summed E-state index contributed by atoms with van der Waals surface area (Å²) >= 11 is 0. The van der Waals surface area contributed by atoms with Crippen molar-refractivity contribution < 1.29 is 9.13 Å². The number of hydrogen-bond donors (Lipinski definition) is 2. The molecule has 0 fully saturated rings. The number of anilines is 2. The van der Waals surface area contributed by atoms with E-state index in [1.165, 1.54) is 6.07 Å². The fourth-order valence-electron chi connectivity index (χ4n) is 2.14. The minimum atomic E-state index is -0.243. The smallest absolute Gasteiger partial charge is 0.142 e. The van der Waals surface area contributed by atoms with Gasteiger partial charge in [0.05, 0.1) is 12.8 Å².